The van der Waals surface area contributed by atoms with Gasteiger partial charge in [-0.2, -0.15) is 0 Å². The van der Waals surface area contributed by atoms with E-state index in [-0.39, 0.29) is 17.7 Å². The van der Waals surface area contributed by atoms with Crippen LogP contribution in [0, 0.1) is 0 Å². The molecule has 1 aliphatic heterocycles. The molecule has 3 amide bonds. The monoisotopic (exact) mass is 367 g/mol. The molecule has 0 bridgehead atoms. The zero-order valence-electron chi connectivity index (χ0n) is 14.9. The summed E-state index contributed by atoms with van der Waals surface area (Å²) in [5.41, 5.74) is 0. The molecule has 8 heteroatoms. The number of rotatable bonds is 7. The van der Waals surface area contributed by atoms with Crippen molar-refractivity contribution in [2.45, 2.75) is 13.8 Å². The quantitative estimate of drug-likeness (QED) is 0.654. The van der Waals surface area contributed by atoms with E-state index in [0.29, 0.717) is 45.8 Å². The average Bonchev–Trinajstić information content (AvgIpc) is 3.15. The lowest BCUT2D eigenvalue weighted by Crippen LogP contribution is -3.14. The predicted octanol–water partition coefficient (Wildman–Crippen LogP) is -0.927. The van der Waals surface area contributed by atoms with Crippen molar-refractivity contribution in [3.8, 4) is 0 Å². The molecule has 0 aromatic carbocycles. The Morgan fingerprint density at radius 1 is 1.12 bits per heavy atom. The summed E-state index contributed by atoms with van der Waals surface area (Å²) in [6.45, 7) is 8.01. The lowest BCUT2D eigenvalue weighted by Gasteiger charge is -2.34. The maximum Gasteiger partial charge on any atom is 0.277 e. The van der Waals surface area contributed by atoms with Gasteiger partial charge in [-0.3, -0.25) is 14.4 Å². The highest BCUT2D eigenvalue weighted by atomic mass is 32.1. The second-order valence-corrected chi connectivity index (χ2v) is 7.01. The number of quaternary nitrogens is 1. The molecule has 0 aliphatic carbocycles. The predicted molar refractivity (Wildman–Crippen MR) is 96.7 cm³/mol. The van der Waals surface area contributed by atoms with E-state index < -0.39 is 0 Å². The lowest BCUT2D eigenvalue weighted by atomic mass is 10.2. The Morgan fingerprint density at radius 3 is 2.36 bits per heavy atom. The van der Waals surface area contributed by atoms with Crippen molar-refractivity contribution in [1.29, 1.82) is 0 Å². The largest absolute Gasteiger partial charge is 0.351 e. The van der Waals surface area contributed by atoms with Gasteiger partial charge >= 0.3 is 0 Å². The number of hydrogen-bond acceptors (Lipinski definition) is 4. The summed E-state index contributed by atoms with van der Waals surface area (Å²) in [7, 11) is 0. The molecule has 0 spiro atoms. The molecule has 138 valence electrons. The molecule has 1 aromatic heterocycles. The van der Waals surface area contributed by atoms with E-state index in [9.17, 15) is 14.4 Å². The van der Waals surface area contributed by atoms with Crippen LogP contribution < -0.4 is 10.2 Å². The summed E-state index contributed by atoms with van der Waals surface area (Å²) in [4.78, 5) is 41.8. The van der Waals surface area contributed by atoms with Crippen molar-refractivity contribution in [2.24, 2.45) is 0 Å². The molecule has 1 aromatic rings. The van der Waals surface area contributed by atoms with E-state index in [1.807, 2.05) is 31.4 Å². The number of nitrogens with zero attached hydrogens (tertiary/aromatic N) is 2. The summed E-state index contributed by atoms with van der Waals surface area (Å²) in [5, 5.41) is 4.66. The Balaban J connectivity index is 1.80. The van der Waals surface area contributed by atoms with Gasteiger partial charge in [0, 0.05) is 32.7 Å². The van der Waals surface area contributed by atoms with Gasteiger partial charge < -0.3 is 20.0 Å². The molecule has 0 radical (unpaired) electrons. The summed E-state index contributed by atoms with van der Waals surface area (Å²) in [6.07, 6.45) is 0. The number of carbonyl (C=O) groups is 3. The lowest BCUT2D eigenvalue weighted by molar-refractivity contribution is -0.882. The first-order valence-corrected chi connectivity index (χ1v) is 9.63. The van der Waals surface area contributed by atoms with Crippen molar-refractivity contribution in [2.75, 3.05) is 52.4 Å². The van der Waals surface area contributed by atoms with Gasteiger partial charge in [-0.1, -0.05) is 6.07 Å². The smallest absolute Gasteiger partial charge is 0.277 e. The maximum absolute atomic E-state index is 12.5. The molecule has 7 nitrogen and oxygen atoms in total. The van der Waals surface area contributed by atoms with Gasteiger partial charge in [0.1, 0.15) is 0 Å². The van der Waals surface area contributed by atoms with E-state index in [2.05, 4.69) is 5.32 Å². The minimum Gasteiger partial charge on any atom is -0.351 e. The van der Waals surface area contributed by atoms with Gasteiger partial charge in [-0.15, -0.1) is 11.3 Å². The average molecular weight is 367 g/mol. The molecule has 1 aliphatic rings. The number of amides is 3. The minimum atomic E-state index is -0.0292. The van der Waals surface area contributed by atoms with Crippen molar-refractivity contribution < 1.29 is 19.3 Å². The minimum absolute atomic E-state index is 0.0292. The van der Waals surface area contributed by atoms with Crippen LogP contribution in [0.1, 0.15) is 23.5 Å². The molecular formula is C17H27N4O3S+. The van der Waals surface area contributed by atoms with E-state index >= 15 is 0 Å². The van der Waals surface area contributed by atoms with Gasteiger partial charge in [-0.05, 0) is 25.3 Å². The zero-order chi connectivity index (χ0) is 18.2. The standard InChI is InChI=1S/C17H26N4O3S/c1-3-18-15(22)12-19(4-2)13-16(23)20-7-9-21(10-8-20)17(24)14-6-5-11-25-14/h5-6,11H,3-4,7-10,12-13H2,1-2H3,(H,18,22)/p+1. The van der Waals surface area contributed by atoms with Crippen LogP contribution in [0.5, 0.6) is 0 Å². The van der Waals surface area contributed by atoms with Crippen molar-refractivity contribution in [3.63, 3.8) is 0 Å². The Labute approximate surface area is 152 Å². The number of piperazine rings is 1. The van der Waals surface area contributed by atoms with Crippen LogP contribution in [-0.2, 0) is 9.59 Å². The third-order valence-electron chi connectivity index (χ3n) is 4.34. The van der Waals surface area contributed by atoms with Crippen LogP contribution in [0.2, 0.25) is 0 Å². The number of hydrogen-bond donors (Lipinski definition) is 2. The maximum atomic E-state index is 12.5. The first-order valence-electron chi connectivity index (χ1n) is 8.76. The fourth-order valence-electron chi connectivity index (χ4n) is 2.84. The SMILES string of the molecule is CCNC(=O)C[NH+](CC)CC(=O)N1CCN(C(=O)c2cccs2)CC1. The Hall–Kier alpha value is -1.93. The molecule has 25 heavy (non-hydrogen) atoms. The first-order chi connectivity index (χ1) is 12.0. The second-order valence-electron chi connectivity index (χ2n) is 6.06. The fraction of sp³-hybridized carbons (Fsp3) is 0.588. The van der Waals surface area contributed by atoms with Crippen LogP contribution in [0.4, 0.5) is 0 Å². The summed E-state index contributed by atoms with van der Waals surface area (Å²) in [6, 6.07) is 3.70. The normalized spacial score (nSPS) is 15.8. The molecule has 1 unspecified atom stereocenters. The molecule has 1 atom stereocenters. The summed E-state index contributed by atoms with van der Waals surface area (Å²) in [5.74, 6) is 0.0574. The fourth-order valence-corrected chi connectivity index (χ4v) is 3.53. The van der Waals surface area contributed by atoms with Gasteiger partial charge in [-0.25, -0.2) is 0 Å². The van der Waals surface area contributed by atoms with Crippen LogP contribution in [0.15, 0.2) is 17.5 Å². The molecule has 2 rings (SSSR count). The summed E-state index contributed by atoms with van der Waals surface area (Å²) >= 11 is 1.44. The van der Waals surface area contributed by atoms with Crippen LogP contribution in [0.25, 0.3) is 0 Å². The molecular weight excluding hydrogens is 340 g/mol. The van der Waals surface area contributed by atoms with Crippen molar-refractivity contribution in [1.82, 2.24) is 15.1 Å². The Kier molecular flexibility index (Phi) is 7.39. The van der Waals surface area contributed by atoms with Crippen molar-refractivity contribution >= 4 is 29.1 Å². The Bertz CT molecular complexity index is 583. The third-order valence-corrected chi connectivity index (χ3v) is 5.20. The van der Waals surface area contributed by atoms with E-state index in [4.69, 9.17) is 0 Å². The van der Waals surface area contributed by atoms with Gasteiger partial charge in [0.05, 0.1) is 11.4 Å². The number of carbonyl (C=O) groups excluding carboxylic acids is 3. The molecule has 1 saturated heterocycles. The molecule has 1 fully saturated rings. The van der Waals surface area contributed by atoms with Gasteiger partial charge in [0.2, 0.25) is 0 Å². The second kappa shape index (κ2) is 9.53. The highest BCUT2D eigenvalue weighted by Gasteiger charge is 2.27. The highest BCUT2D eigenvalue weighted by Crippen LogP contribution is 2.13. The van der Waals surface area contributed by atoms with E-state index in [0.717, 1.165) is 16.3 Å². The zero-order valence-corrected chi connectivity index (χ0v) is 15.7. The number of nitrogens with one attached hydrogen (secondary N) is 2. The third kappa shape index (κ3) is 5.54. The van der Waals surface area contributed by atoms with E-state index in [1.54, 1.807) is 9.80 Å². The highest BCUT2D eigenvalue weighted by molar-refractivity contribution is 7.12. The molecule has 2 heterocycles. The van der Waals surface area contributed by atoms with E-state index in [1.165, 1.54) is 11.3 Å². The topological polar surface area (TPSA) is 74.2 Å². The van der Waals surface area contributed by atoms with Crippen LogP contribution in [0.3, 0.4) is 0 Å². The number of likely N-dealkylation sites (N-methyl/N-ethyl adjacent to an activating group) is 2. The van der Waals surface area contributed by atoms with Crippen LogP contribution in [-0.4, -0.2) is 79.9 Å². The Morgan fingerprint density at radius 2 is 1.80 bits per heavy atom. The van der Waals surface area contributed by atoms with Crippen molar-refractivity contribution in [3.05, 3.63) is 22.4 Å². The van der Waals surface area contributed by atoms with Crippen LogP contribution >= 0.6 is 11.3 Å². The molecule has 2 N–H and O–H groups in total. The molecule has 0 saturated carbocycles. The number of thiophene rings is 1. The van der Waals surface area contributed by atoms with Gasteiger partial charge in [0.25, 0.3) is 17.7 Å². The van der Waals surface area contributed by atoms with Gasteiger partial charge in [0.15, 0.2) is 13.1 Å². The first kappa shape index (κ1) is 19.4. The summed E-state index contributed by atoms with van der Waals surface area (Å²) < 4.78 is 0.